The van der Waals surface area contributed by atoms with Gasteiger partial charge in [-0.1, -0.05) is 43.6 Å². The van der Waals surface area contributed by atoms with Gasteiger partial charge in [0.25, 0.3) is 0 Å². The Kier molecular flexibility index (Phi) is 4.47. The van der Waals surface area contributed by atoms with Crippen molar-refractivity contribution in [3.63, 3.8) is 0 Å². The van der Waals surface area contributed by atoms with Crippen molar-refractivity contribution < 1.29 is 4.74 Å². The monoisotopic (exact) mass is 353 g/mol. The van der Waals surface area contributed by atoms with E-state index in [-0.39, 0.29) is 16.4 Å². The molecule has 0 radical (unpaired) electrons. The lowest BCUT2D eigenvalue weighted by molar-refractivity contribution is 0.0484. The van der Waals surface area contributed by atoms with Crippen LogP contribution in [0.4, 0.5) is 0 Å². The number of rotatable bonds is 3. The number of halogens is 1. The van der Waals surface area contributed by atoms with Gasteiger partial charge in [-0.25, -0.2) is 0 Å². The number of methoxy groups -OCH3 is 1. The van der Waals surface area contributed by atoms with Gasteiger partial charge in [-0.3, -0.25) is 0 Å². The molecule has 2 rings (SSSR count). The summed E-state index contributed by atoms with van der Waals surface area (Å²) in [4.78, 5) is 0. The number of hydrogen-bond donors (Lipinski definition) is 1. The minimum absolute atomic E-state index is 0.167. The number of nitrogens with two attached hydrogens (primary N) is 1. The highest BCUT2D eigenvalue weighted by Crippen LogP contribution is 2.50. The lowest BCUT2D eigenvalue weighted by Crippen LogP contribution is -2.53. The van der Waals surface area contributed by atoms with Crippen LogP contribution in [0.1, 0.15) is 52.5 Å². The Bertz CT molecular complexity index is 506. The van der Waals surface area contributed by atoms with Crippen LogP contribution >= 0.6 is 15.9 Å². The average Bonchev–Trinajstić information content (AvgIpc) is 2.23. The smallest absolute Gasteiger partial charge is 0.122 e. The summed E-state index contributed by atoms with van der Waals surface area (Å²) in [5, 5.41) is 0. The van der Waals surface area contributed by atoms with E-state index in [0.717, 1.165) is 29.5 Å². The van der Waals surface area contributed by atoms with Gasteiger partial charge in [-0.15, -0.1) is 0 Å². The third-order valence-corrected chi connectivity index (χ3v) is 4.90. The van der Waals surface area contributed by atoms with Crippen molar-refractivity contribution in [3.05, 3.63) is 28.2 Å². The van der Waals surface area contributed by atoms with Gasteiger partial charge < -0.3 is 10.5 Å². The van der Waals surface area contributed by atoms with Crippen molar-refractivity contribution in [1.29, 1.82) is 0 Å². The van der Waals surface area contributed by atoms with Crippen molar-refractivity contribution in [3.8, 4) is 5.75 Å². The lowest BCUT2D eigenvalue weighted by atomic mass is 9.57. The van der Waals surface area contributed by atoms with E-state index in [1.807, 2.05) is 12.1 Å². The molecule has 1 aliphatic carbocycles. The van der Waals surface area contributed by atoms with Gasteiger partial charge in [0.1, 0.15) is 5.75 Å². The summed E-state index contributed by atoms with van der Waals surface area (Å²) in [6.07, 6.45) is 4.20. The molecule has 2 N–H and O–H groups in total. The molecule has 0 saturated heterocycles. The first-order chi connectivity index (χ1) is 9.54. The zero-order chi connectivity index (χ0) is 15.9. The highest BCUT2D eigenvalue weighted by atomic mass is 79.9. The maximum Gasteiger partial charge on any atom is 0.122 e. The fourth-order valence-electron chi connectivity index (χ4n) is 4.78. The third kappa shape index (κ3) is 4.23. The number of hydrogen-bond acceptors (Lipinski definition) is 2. The second-order valence-electron chi connectivity index (χ2n) is 8.35. The Balaban J connectivity index is 2.31. The molecule has 1 saturated carbocycles. The van der Waals surface area contributed by atoms with Crippen molar-refractivity contribution in [2.45, 2.75) is 58.9 Å². The van der Waals surface area contributed by atoms with Crippen LogP contribution < -0.4 is 10.5 Å². The Morgan fingerprint density at radius 1 is 1.10 bits per heavy atom. The Morgan fingerprint density at radius 2 is 1.67 bits per heavy atom. The first kappa shape index (κ1) is 16.8. The minimum atomic E-state index is -0.167. The van der Waals surface area contributed by atoms with Gasteiger partial charge in [0, 0.05) is 10.0 Å². The van der Waals surface area contributed by atoms with Crippen LogP contribution in [0.2, 0.25) is 0 Å². The van der Waals surface area contributed by atoms with Gasteiger partial charge in [0.15, 0.2) is 0 Å². The van der Waals surface area contributed by atoms with Crippen LogP contribution in [0, 0.1) is 10.8 Å². The van der Waals surface area contributed by atoms with Gasteiger partial charge in [-0.05, 0) is 60.3 Å². The molecule has 1 aromatic carbocycles. The zero-order valence-electron chi connectivity index (χ0n) is 13.9. The second kappa shape index (κ2) is 5.58. The quantitative estimate of drug-likeness (QED) is 0.835. The van der Waals surface area contributed by atoms with Crippen LogP contribution in [0.5, 0.6) is 5.75 Å². The molecule has 3 heteroatoms. The average molecular weight is 354 g/mol. The molecule has 118 valence electrons. The number of ether oxygens (including phenoxy) is 1. The highest BCUT2D eigenvalue weighted by molar-refractivity contribution is 9.10. The van der Waals surface area contributed by atoms with E-state index in [2.05, 4.69) is 49.7 Å². The fraction of sp³-hybridized carbons (Fsp3) is 0.667. The van der Waals surface area contributed by atoms with E-state index < -0.39 is 0 Å². The highest BCUT2D eigenvalue weighted by Gasteiger charge is 2.45. The van der Waals surface area contributed by atoms with Crippen molar-refractivity contribution in [2.75, 3.05) is 7.11 Å². The van der Waals surface area contributed by atoms with E-state index in [4.69, 9.17) is 10.5 Å². The summed E-state index contributed by atoms with van der Waals surface area (Å²) in [7, 11) is 1.73. The summed E-state index contributed by atoms with van der Waals surface area (Å²) < 4.78 is 6.59. The van der Waals surface area contributed by atoms with E-state index >= 15 is 0 Å². The molecule has 0 aliphatic heterocycles. The van der Waals surface area contributed by atoms with E-state index in [9.17, 15) is 0 Å². The molecular weight excluding hydrogens is 326 g/mol. The van der Waals surface area contributed by atoms with Crippen LogP contribution in [0.15, 0.2) is 22.7 Å². The van der Waals surface area contributed by atoms with E-state index in [1.54, 1.807) is 7.11 Å². The molecule has 0 aromatic heterocycles. The fourth-order valence-corrected chi connectivity index (χ4v) is 5.19. The van der Waals surface area contributed by atoms with Crippen LogP contribution in [0.3, 0.4) is 0 Å². The van der Waals surface area contributed by atoms with Gasteiger partial charge in [0.05, 0.1) is 7.11 Å². The van der Waals surface area contributed by atoms with Crippen LogP contribution in [-0.4, -0.2) is 12.6 Å². The van der Waals surface area contributed by atoms with Gasteiger partial charge in [-0.2, -0.15) is 0 Å². The maximum absolute atomic E-state index is 6.85. The molecule has 1 aliphatic rings. The Hall–Kier alpha value is -0.540. The molecule has 0 atom stereocenters. The molecule has 1 aromatic rings. The summed E-state index contributed by atoms with van der Waals surface area (Å²) in [5.74, 6) is 0.934. The molecule has 1 fully saturated rings. The molecule has 0 bridgehead atoms. The SMILES string of the molecule is COc1ccc(Br)cc1CC1(N)CC(C)(C)CC(C)(C)C1. The summed E-state index contributed by atoms with van der Waals surface area (Å²) in [6, 6.07) is 6.17. The first-order valence-electron chi connectivity index (χ1n) is 7.66. The zero-order valence-corrected chi connectivity index (χ0v) is 15.5. The van der Waals surface area contributed by atoms with Gasteiger partial charge >= 0.3 is 0 Å². The van der Waals surface area contributed by atoms with Crippen molar-refractivity contribution >= 4 is 15.9 Å². The van der Waals surface area contributed by atoms with Crippen LogP contribution in [0.25, 0.3) is 0 Å². The largest absolute Gasteiger partial charge is 0.496 e. The molecule has 0 heterocycles. The molecule has 0 unspecified atom stereocenters. The molecule has 21 heavy (non-hydrogen) atoms. The summed E-state index contributed by atoms with van der Waals surface area (Å²) >= 11 is 3.56. The third-order valence-electron chi connectivity index (χ3n) is 4.40. The Labute approximate surface area is 137 Å². The maximum atomic E-state index is 6.85. The van der Waals surface area contributed by atoms with Crippen molar-refractivity contribution in [1.82, 2.24) is 0 Å². The second-order valence-corrected chi connectivity index (χ2v) is 9.27. The minimum Gasteiger partial charge on any atom is -0.496 e. The molecular formula is C18H28BrNO. The predicted molar refractivity (Wildman–Crippen MR) is 92.7 cm³/mol. The standard InChI is InChI=1S/C18H28BrNO/c1-16(2)10-17(3,4)12-18(20,11-16)9-13-8-14(19)6-7-15(13)21-5/h6-8H,9-12,20H2,1-5H3. The van der Waals surface area contributed by atoms with Crippen molar-refractivity contribution in [2.24, 2.45) is 16.6 Å². The molecule has 0 amide bonds. The lowest BCUT2D eigenvalue weighted by Gasteiger charge is -2.50. The topological polar surface area (TPSA) is 35.2 Å². The van der Waals surface area contributed by atoms with E-state index in [1.165, 1.54) is 12.0 Å². The van der Waals surface area contributed by atoms with Gasteiger partial charge in [0.2, 0.25) is 0 Å². The molecule has 0 spiro atoms. The molecule has 2 nitrogen and oxygen atoms in total. The Morgan fingerprint density at radius 3 is 2.19 bits per heavy atom. The summed E-state index contributed by atoms with van der Waals surface area (Å²) in [5.41, 5.74) is 8.45. The summed E-state index contributed by atoms with van der Waals surface area (Å²) in [6.45, 7) is 9.36. The normalized spacial score (nSPS) is 22.8. The predicted octanol–water partition coefficient (Wildman–Crippen LogP) is 4.93. The van der Waals surface area contributed by atoms with Crippen LogP contribution in [-0.2, 0) is 6.42 Å². The van der Waals surface area contributed by atoms with E-state index in [0.29, 0.717) is 0 Å². The first-order valence-corrected chi connectivity index (χ1v) is 8.45. The number of benzene rings is 1.